The van der Waals surface area contributed by atoms with Gasteiger partial charge in [-0.25, -0.2) is 0 Å². The smallest absolute Gasteiger partial charge is 0.0467 e. The highest BCUT2D eigenvalue weighted by Crippen LogP contribution is 2.21. The molecule has 0 spiro atoms. The van der Waals surface area contributed by atoms with Gasteiger partial charge in [0.15, 0.2) is 0 Å². The number of methoxy groups -OCH3 is 1. The van der Waals surface area contributed by atoms with E-state index in [0.717, 1.165) is 25.6 Å². The Balaban J connectivity index is 2.23. The van der Waals surface area contributed by atoms with Crippen LogP contribution in [0.5, 0.6) is 0 Å². The molecule has 96 valence electrons. The van der Waals surface area contributed by atoms with E-state index < -0.39 is 0 Å². The van der Waals surface area contributed by atoms with Crippen molar-refractivity contribution in [3.63, 3.8) is 0 Å². The predicted octanol–water partition coefficient (Wildman–Crippen LogP) is 1.73. The molecule has 1 rings (SSSR count). The van der Waals surface area contributed by atoms with Gasteiger partial charge in [-0.05, 0) is 32.2 Å². The molecule has 0 aromatic carbocycles. The van der Waals surface area contributed by atoms with E-state index in [1.165, 1.54) is 13.0 Å². The van der Waals surface area contributed by atoms with Crippen LogP contribution in [0.4, 0.5) is 0 Å². The first-order valence-electron chi connectivity index (χ1n) is 6.37. The van der Waals surface area contributed by atoms with Crippen LogP contribution in [0.3, 0.4) is 0 Å². The van der Waals surface area contributed by atoms with E-state index in [4.69, 9.17) is 4.74 Å². The van der Waals surface area contributed by atoms with Crippen molar-refractivity contribution in [2.24, 2.45) is 5.41 Å². The molecular weight excluding hydrogens is 200 g/mol. The quantitative estimate of drug-likeness (QED) is 0.749. The van der Waals surface area contributed by atoms with Crippen molar-refractivity contribution in [1.29, 1.82) is 0 Å². The molecule has 1 aliphatic heterocycles. The molecule has 0 aromatic rings. The molecule has 0 amide bonds. The summed E-state index contributed by atoms with van der Waals surface area (Å²) in [7, 11) is 3.99. The number of hydrogen-bond acceptors (Lipinski definition) is 3. The highest BCUT2D eigenvalue weighted by molar-refractivity contribution is 4.86. The molecule has 2 unspecified atom stereocenters. The van der Waals surface area contributed by atoms with Gasteiger partial charge < -0.3 is 15.0 Å². The number of likely N-dealkylation sites (N-methyl/N-ethyl adjacent to an activating group) is 1. The lowest BCUT2D eigenvalue weighted by atomic mass is 9.89. The van der Waals surface area contributed by atoms with Crippen LogP contribution in [0.15, 0.2) is 0 Å². The molecule has 0 aromatic heterocycles. The summed E-state index contributed by atoms with van der Waals surface area (Å²) >= 11 is 0. The third-order valence-electron chi connectivity index (χ3n) is 3.74. The second-order valence-corrected chi connectivity index (χ2v) is 6.01. The predicted molar refractivity (Wildman–Crippen MR) is 68.8 cm³/mol. The van der Waals surface area contributed by atoms with Gasteiger partial charge in [0.2, 0.25) is 0 Å². The van der Waals surface area contributed by atoms with Crippen LogP contribution in [0.2, 0.25) is 0 Å². The largest absolute Gasteiger partial charge is 0.385 e. The van der Waals surface area contributed by atoms with Crippen molar-refractivity contribution in [3.8, 4) is 0 Å². The summed E-state index contributed by atoms with van der Waals surface area (Å²) in [6.45, 7) is 10.0. The third kappa shape index (κ3) is 4.40. The van der Waals surface area contributed by atoms with E-state index in [-0.39, 0.29) is 0 Å². The molecule has 2 atom stereocenters. The summed E-state index contributed by atoms with van der Waals surface area (Å²) in [4.78, 5) is 2.43. The minimum Gasteiger partial charge on any atom is -0.385 e. The minimum absolute atomic E-state index is 0.334. The average Bonchev–Trinajstić information content (AvgIpc) is 2.53. The molecule has 16 heavy (non-hydrogen) atoms. The zero-order valence-electron chi connectivity index (χ0n) is 11.5. The minimum atomic E-state index is 0.334. The maximum atomic E-state index is 5.15. The van der Waals surface area contributed by atoms with E-state index in [2.05, 4.69) is 38.0 Å². The van der Waals surface area contributed by atoms with Gasteiger partial charge in [0.05, 0.1) is 0 Å². The molecule has 0 bridgehead atoms. The first-order chi connectivity index (χ1) is 7.44. The molecular formula is C13H28N2O. The Morgan fingerprint density at radius 3 is 2.62 bits per heavy atom. The van der Waals surface area contributed by atoms with Crippen molar-refractivity contribution in [3.05, 3.63) is 0 Å². The fourth-order valence-electron chi connectivity index (χ4n) is 2.23. The Morgan fingerprint density at radius 1 is 1.44 bits per heavy atom. The summed E-state index contributed by atoms with van der Waals surface area (Å²) in [5, 5.41) is 3.69. The number of likely N-dealkylation sites (tertiary alicyclic amines) is 1. The fraction of sp³-hybridized carbons (Fsp3) is 1.00. The lowest BCUT2D eigenvalue weighted by Gasteiger charge is -2.26. The summed E-state index contributed by atoms with van der Waals surface area (Å²) < 4.78 is 5.15. The molecule has 1 saturated heterocycles. The summed E-state index contributed by atoms with van der Waals surface area (Å²) in [6, 6.07) is 1.39. The summed E-state index contributed by atoms with van der Waals surface area (Å²) in [6.07, 6.45) is 2.39. The zero-order chi connectivity index (χ0) is 12.2. The molecule has 0 saturated carbocycles. The van der Waals surface area contributed by atoms with Crippen molar-refractivity contribution in [2.75, 3.05) is 33.9 Å². The number of ether oxygens (including phenoxy) is 1. The SMILES string of the molecule is COCCC(C)(C)CNC1CC(C)N(C)C1. The second-order valence-electron chi connectivity index (χ2n) is 6.01. The molecule has 0 radical (unpaired) electrons. The molecule has 1 aliphatic rings. The number of hydrogen-bond donors (Lipinski definition) is 1. The van der Waals surface area contributed by atoms with Crippen LogP contribution in [0.25, 0.3) is 0 Å². The Kier molecular flexibility index (Phi) is 5.22. The van der Waals surface area contributed by atoms with Gasteiger partial charge in [-0.15, -0.1) is 0 Å². The Morgan fingerprint density at radius 2 is 2.12 bits per heavy atom. The molecule has 3 nitrogen and oxygen atoms in total. The van der Waals surface area contributed by atoms with Crippen LogP contribution in [0.1, 0.15) is 33.6 Å². The summed E-state index contributed by atoms with van der Waals surface area (Å²) in [5.41, 5.74) is 0.334. The topological polar surface area (TPSA) is 24.5 Å². The lowest BCUT2D eigenvalue weighted by Crippen LogP contribution is -2.38. The van der Waals surface area contributed by atoms with Crippen LogP contribution in [0, 0.1) is 5.41 Å². The third-order valence-corrected chi connectivity index (χ3v) is 3.74. The van der Waals surface area contributed by atoms with E-state index in [9.17, 15) is 0 Å². The maximum absolute atomic E-state index is 5.15. The standard InChI is InChI=1S/C13H28N2O/c1-11-8-12(9-15(11)4)14-10-13(2,3)6-7-16-5/h11-12,14H,6-10H2,1-5H3. The monoisotopic (exact) mass is 228 g/mol. The number of nitrogens with zero attached hydrogens (tertiary/aromatic N) is 1. The van der Waals surface area contributed by atoms with Gasteiger partial charge in [-0.3, -0.25) is 0 Å². The van der Waals surface area contributed by atoms with Crippen LogP contribution in [-0.4, -0.2) is 50.8 Å². The zero-order valence-corrected chi connectivity index (χ0v) is 11.5. The van der Waals surface area contributed by atoms with Gasteiger partial charge in [0.25, 0.3) is 0 Å². The van der Waals surface area contributed by atoms with E-state index in [0.29, 0.717) is 11.5 Å². The second kappa shape index (κ2) is 5.99. The van der Waals surface area contributed by atoms with Crippen LogP contribution >= 0.6 is 0 Å². The molecule has 3 heteroatoms. The number of nitrogens with one attached hydrogen (secondary N) is 1. The Labute approximate surface area is 101 Å². The van der Waals surface area contributed by atoms with Crippen molar-refractivity contribution >= 4 is 0 Å². The van der Waals surface area contributed by atoms with E-state index >= 15 is 0 Å². The fourth-order valence-corrected chi connectivity index (χ4v) is 2.23. The molecule has 1 fully saturated rings. The summed E-state index contributed by atoms with van der Waals surface area (Å²) in [5.74, 6) is 0. The number of rotatable bonds is 6. The normalized spacial score (nSPS) is 27.6. The van der Waals surface area contributed by atoms with E-state index in [1.807, 2.05) is 0 Å². The van der Waals surface area contributed by atoms with Gasteiger partial charge in [0, 0.05) is 38.9 Å². The van der Waals surface area contributed by atoms with Gasteiger partial charge >= 0.3 is 0 Å². The van der Waals surface area contributed by atoms with Crippen molar-refractivity contribution < 1.29 is 4.74 Å². The lowest BCUT2D eigenvalue weighted by molar-refractivity contribution is 0.149. The first kappa shape index (κ1) is 13.9. The molecule has 0 aliphatic carbocycles. The van der Waals surface area contributed by atoms with Gasteiger partial charge in [-0.2, -0.15) is 0 Å². The maximum Gasteiger partial charge on any atom is 0.0467 e. The molecule has 1 heterocycles. The molecule has 1 N–H and O–H groups in total. The van der Waals surface area contributed by atoms with Crippen molar-refractivity contribution in [1.82, 2.24) is 10.2 Å². The first-order valence-corrected chi connectivity index (χ1v) is 6.37. The van der Waals surface area contributed by atoms with Gasteiger partial charge in [0.1, 0.15) is 0 Å². The highest BCUT2D eigenvalue weighted by atomic mass is 16.5. The Bertz CT molecular complexity index is 196. The van der Waals surface area contributed by atoms with E-state index in [1.54, 1.807) is 7.11 Å². The van der Waals surface area contributed by atoms with Crippen LogP contribution in [-0.2, 0) is 4.74 Å². The van der Waals surface area contributed by atoms with Gasteiger partial charge in [-0.1, -0.05) is 13.8 Å². The van der Waals surface area contributed by atoms with Crippen molar-refractivity contribution in [2.45, 2.75) is 45.7 Å². The highest BCUT2D eigenvalue weighted by Gasteiger charge is 2.27. The average molecular weight is 228 g/mol. The Hall–Kier alpha value is -0.120. The van der Waals surface area contributed by atoms with Crippen LogP contribution < -0.4 is 5.32 Å².